The standard InChI is InChI=1S/C13H13NO2/c15-13(16)12-7-4-9-14(12)10-8-11-5-2-1-3-6-11/h1-7,9H,8,10H2,(H,15,16). The summed E-state index contributed by atoms with van der Waals surface area (Å²) in [6.07, 6.45) is 2.64. The van der Waals surface area contributed by atoms with Gasteiger partial charge in [-0.2, -0.15) is 0 Å². The molecule has 0 aliphatic heterocycles. The number of carbonyl (C=O) groups is 1. The van der Waals surface area contributed by atoms with E-state index in [0.717, 1.165) is 6.42 Å². The number of rotatable bonds is 4. The van der Waals surface area contributed by atoms with Crippen LogP contribution in [0.4, 0.5) is 0 Å². The van der Waals surface area contributed by atoms with Crippen LogP contribution in [0.25, 0.3) is 0 Å². The number of hydrogen-bond donors (Lipinski definition) is 1. The van der Waals surface area contributed by atoms with Gasteiger partial charge in [0.1, 0.15) is 5.69 Å². The van der Waals surface area contributed by atoms with Crippen molar-refractivity contribution in [1.29, 1.82) is 0 Å². The molecular weight excluding hydrogens is 202 g/mol. The molecule has 82 valence electrons. The van der Waals surface area contributed by atoms with Crippen molar-refractivity contribution < 1.29 is 9.90 Å². The summed E-state index contributed by atoms with van der Waals surface area (Å²) in [7, 11) is 0. The van der Waals surface area contributed by atoms with Crippen molar-refractivity contribution in [3.05, 3.63) is 59.9 Å². The summed E-state index contributed by atoms with van der Waals surface area (Å²) < 4.78 is 1.76. The largest absolute Gasteiger partial charge is 0.477 e. The van der Waals surface area contributed by atoms with E-state index in [4.69, 9.17) is 5.11 Å². The lowest BCUT2D eigenvalue weighted by atomic mass is 10.1. The van der Waals surface area contributed by atoms with Crippen molar-refractivity contribution >= 4 is 5.97 Å². The molecule has 2 aromatic rings. The first-order chi connectivity index (χ1) is 7.77. The lowest BCUT2D eigenvalue weighted by Gasteiger charge is -2.06. The topological polar surface area (TPSA) is 42.2 Å². The molecule has 0 atom stereocenters. The molecule has 0 radical (unpaired) electrons. The van der Waals surface area contributed by atoms with Crippen LogP contribution in [-0.2, 0) is 13.0 Å². The average molecular weight is 215 g/mol. The molecule has 0 spiro atoms. The van der Waals surface area contributed by atoms with Gasteiger partial charge in [0.15, 0.2) is 0 Å². The van der Waals surface area contributed by atoms with E-state index in [2.05, 4.69) is 0 Å². The van der Waals surface area contributed by atoms with Crippen molar-refractivity contribution in [2.75, 3.05) is 0 Å². The maximum absolute atomic E-state index is 10.9. The second-order valence-electron chi connectivity index (χ2n) is 3.63. The molecule has 0 bridgehead atoms. The molecule has 0 amide bonds. The minimum Gasteiger partial charge on any atom is -0.477 e. The van der Waals surface area contributed by atoms with Crippen LogP contribution in [0.3, 0.4) is 0 Å². The Kier molecular flexibility index (Phi) is 3.05. The van der Waals surface area contributed by atoms with Crippen LogP contribution in [0.1, 0.15) is 16.1 Å². The van der Waals surface area contributed by atoms with E-state index in [1.54, 1.807) is 22.9 Å². The molecule has 1 N–H and O–H groups in total. The highest BCUT2D eigenvalue weighted by atomic mass is 16.4. The van der Waals surface area contributed by atoms with Crippen molar-refractivity contribution in [2.45, 2.75) is 13.0 Å². The third kappa shape index (κ3) is 2.31. The van der Waals surface area contributed by atoms with Crippen LogP contribution in [0.15, 0.2) is 48.7 Å². The van der Waals surface area contributed by atoms with Crippen LogP contribution >= 0.6 is 0 Å². The van der Waals surface area contributed by atoms with Gasteiger partial charge in [-0.1, -0.05) is 30.3 Å². The Balaban J connectivity index is 2.05. The highest BCUT2D eigenvalue weighted by molar-refractivity contribution is 5.85. The molecule has 2 rings (SSSR count). The van der Waals surface area contributed by atoms with E-state index in [0.29, 0.717) is 12.2 Å². The maximum Gasteiger partial charge on any atom is 0.352 e. The number of carboxylic acid groups (broad SMARTS) is 1. The number of aromatic carboxylic acids is 1. The summed E-state index contributed by atoms with van der Waals surface area (Å²) in [5.41, 5.74) is 1.56. The van der Waals surface area contributed by atoms with Crippen LogP contribution in [0.2, 0.25) is 0 Å². The molecule has 3 nitrogen and oxygen atoms in total. The number of aromatic nitrogens is 1. The molecule has 0 aliphatic rings. The summed E-state index contributed by atoms with van der Waals surface area (Å²) in [5.74, 6) is -0.877. The molecule has 1 aromatic heterocycles. The Morgan fingerprint density at radius 1 is 1.12 bits per heavy atom. The maximum atomic E-state index is 10.9. The fourth-order valence-corrected chi connectivity index (χ4v) is 1.70. The van der Waals surface area contributed by atoms with Gasteiger partial charge in [0.2, 0.25) is 0 Å². The molecule has 1 heterocycles. The highest BCUT2D eigenvalue weighted by Crippen LogP contribution is 2.06. The third-order valence-corrected chi connectivity index (χ3v) is 2.53. The molecular formula is C13H13NO2. The zero-order valence-corrected chi connectivity index (χ0v) is 8.84. The average Bonchev–Trinajstić information content (AvgIpc) is 2.76. The second kappa shape index (κ2) is 4.66. The van der Waals surface area contributed by atoms with Gasteiger partial charge in [0.05, 0.1) is 0 Å². The molecule has 1 aromatic carbocycles. The van der Waals surface area contributed by atoms with E-state index in [1.165, 1.54) is 5.56 Å². The summed E-state index contributed by atoms with van der Waals surface area (Å²) >= 11 is 0. The number of nitrogens with zero attached hydrogens (tertiary/aromatic N) is 1. The molecule has 0 aliphatic carbocycles. The van der Waals surface area contributed by atoms with E-state index in [-0.39, 0.29) is 0 Å². The molecule has 0 unspecified atom stereocenters. The van der Waals surface area contributed by atoms with Crippen molar-refractivity contribution in [3.8, 4) is 0 Å². The minimum absolute atomic E-state index is 0.343. The molecule has 0 fully saturated rings. The molecule has 0 saturated heterocycles. The van der Waals surface area contributed by atoms with E-state index in [1.807, 2.05) is 30.3 Å². The molecule has 0 saturated carbocycles. The van der Waals surface area contributed by atoms with Gasteiger partial charge in [0, 0.05) is 12.7 Å². The van der Waals surface area contributed by atoms with Gasteiger partial charge >= 0.3 is 5.97 Å². The highest BCUT2D eigenvalue weighted by Gasteiger charge is 2.07. The van der Waals surface area contributed by atoms with Gasteiger partial charge in [-0.3, -0.25) is 0 Å². The second-order valence-corrected chi connectivity index (χ2v) is 3.63. The van der Waals surface area contributed by atoms with E-state index < -0.39 is 5.97 Å². The summed E-state index contributed by atoms with van der Waals surface area (Å²) in [4.78, 5) is 10.9. The van der Waals surface area contributed by atoms with Crippen LogP contribution in [0.5, 0.6) is 0 Å². The Morgan fingerprint density at radius 2 is 1.88 bits per heavy atom. The monoisotopic (exact) mass is 215 g/mol. The van der Waals surface area contributed by atoms with Gasteiger partial charge in [0.25, 0.3) is 0 Å². The summed E-state index contributed by atoms with van der Waals surface area (Å²) in [6.45, 7) is 0.693. The zero-order chi connectivity index (χ0) is 11.4. The van der Waals surface area contributed by atoms with Crippen LogP contribution in [0, 0.1) is 0 Å². The molecule has 3 heteroatoms. The Hall–Kier alpha value is -2.03. The Morgan fingerprint density at radius 3 is 2.56 bits per heavy atom. The first kappa shape index (κ1) is 10.5. The van der Waals surface area contributed by atoms with Crippen LogP contribution < -0.4 is 0 Å². The lowest BCUT2D eigenvalue weighted by Crippen LogP contribution is -2.09. The minimum atomic E-state index is -0.877. The van der Waals surface area contributed by atoms with Crippen molar-refractivity contribution in [1.82, 2.24) is 4.57 Å². The van der Waals surface area contributed by atoms with Gasteiger partial charge in [-0.05, 0) is 24.1 Å². The normalized spacial score (nSPS) is 10.2. The summed E-state index contributed by atoms with van der Waals surface area (Å²) in [5, 5.41) is 8.93. The fourth-order valence-electron chi connectivity index (χ4n) is 1.70. The number of aryl methyl sites for hydroxylation is 2. The Bertz CT molecular complexity index is 474. The van der Waals surface area contributed by atoms with Gasteiger partial charge in [-0.25, -0.2) is 4.79 Å². The molecule has 16 heavy (non-hydrogen) atoms. The number of hydrogen-bond acceptors (Lipinski definition) is 1. The predicted octanol–water partition coefficient (Wildman–Crippen LogP) is 2.43. The predicted molar refractivity (Wildman–Crippen MR) is 61.5 cm³/mol. The smallest absolute Gasteiger partial charge is 0.352 e. The lowest BCUT2D eigenvalue weighted by molar-refractivity contribution is 0.0685. The first-order valence-corrected chi connectivity index (χ1v) is 5.20. The number of carboxylic acids is 1. The van der Waals surface area contributed by atoms with Gasteiger partial charge in [-0.15, -0.1) is 0 Å². The van der Waals surface area contributed by atoms with Crippen molar-refractivity contribution in [3.63, 3.8) is 0 Å². The quantitative estimate of drug-likeness (QED) is 0.851. The summed E-state index contributed by atoms with van der Waals surface area (Å²) in [6, 6.07) is 13.4. The number of benzene rings is 1. The van der Waals surface area contributed by atoms with E-state index >= 15 is 0 Å². The Labute approximate surface area is 94.0 Å². The van der Waals surface area contributed by atoms with E-state index in [9.17, 15) is 4.79 Å². The van der Waals surface area contributed by atoms with Gasteiger partial charge < -0.3 is 9.67 Å². The van der Waals surface area contributed by atoms with Crippen LogP contribution in [-0.4, -0.2) is 15.6 Å². The third-order valence-electron chi connectivity index (χ3n) is 2.53. The van der Waals surface area contributed by atoms with Crippen molar-refractivity contribution in [2.24, 2.45) is 0 Å². The SMILES string of the molecule is O=C(O)c1cccn1CCc1ccccc1. The fraction of sp³-hybridized carbons (Fsp3) is 0.154. The zero-order valence-electron chi connectivity index (χ0n) is 8.84. The first-order valence-electron chi connectivity index (χ1n) is 5.20.